The predicted molar refractivity (Wildman–Crippen MR) is 41.0 cm³/mol. The van der Waals surface area contributed by atoms with Crippen LogP contribution in [-0.4, -0.2) is 30.7 Å². The summed E-state index contributed by atoms with van der Waals surface area (Å²) >= 11 is 0. The lowest BCUT2D eigenvalue weighted by atomic mass is 10.1. The van der Waals surface area contributed by atoms with Crippen LogP contribution >= 0.6 is 0 Å². The number of amides is 1. The molecular weight excluding hydrogens is 142 g/mol. The first-order valence-corrected chi connectivity index (χ1v) is 3.96. The molecule has 3 heteroatoms. The lowest BCUT2D eigenvalue weighted by molar-refractivity contribution is -0.136. The van der Waals surface area contributed by atoms with E-state index in [-0.39, 0.29) is 11.8 Å². The van der Waals surface area contributed by atoms with E-state index in [1.54, 1.807) is 11.9 Å². The van der Waals surface area contributed by atoms with Gasteiger partial charge in [-0.3, -0.25) is 4.79 Å². The van der Waals surface area contributed by atoms with E-state index in [9.17, 15) is 9.59 Å². The molecular formula is C8H13NO2. The molecule has 1 atom stereocenters. The lowest BCUT2D eigenvalue weighted by Crippen LogP contribution is -2.31. The SMILES string of the molecule is CN1CCCC[C@H](C=O)C1=O. The second kappa shape index (κ2) is 3.51. The van der Waals surface area contributed by atoms with E-state index in [1.807, 2.05) is 0 Å². The van der Waals surface area contributed by atoms with Crippen LogP contribution in [0.5, 0.6) is 0 Å². The Bertz CT molecular complexity index is 167. The summed E-state index contributed by atoms with van der Waals surface area (Å²) < 4.78 is 0. The van der Waals surface area contributed by atoms with Gasteiger partial charge in [0, 0.05) is 13.6 Å². The maximum atomic E-state index is 11.3. The molecule has 0 bridgehead atoms. The summed E-state index contributed by atoms with van der Waals surface area (Å²) in [5.74, 6) is -0.389. The van der Waals surface area contributed by atoms with E-state index in [0.717, 1.165) is 32.1 Å². The fourth-order valence-electron chi connectivity index (χ4n) is 1.36. The smallest absolute Gasteiger partial charge is 0.232 e. The summed E-state index contributed by atoms with van der Waals surface area (Å²) in [5.41, 5.74) is 0. The molecule has 0 saturated carbocycles. The van der Waals surface area contributed by atoms with Gasteiger partial charge in [-0.25, -0.2) is 0 Å². The van der Waals surface area contributed by atoms with Crippen LogP contribution in [0, 0.1) is 5.92 Å². The number of hydrogen-bond donors (Lipinski definition) is 0. The zero-order chi connectivity index (χ0) is 8.27. The molecule has 62 valence electrons. The molecule has 0 aromatic heterocycles. The van der Waals surface area contributed by atoms with Crippen molar-refractivity contribution in [3.63, 3.8) is 0 Å². The number of rotatable bonds is 1. The maximum Gasteiger partial charge on any atom is 0.232 e. The van der Waals surface area contributed by atoms with E-state index >= 15 is 0 Å². The molecule has 0 radical (unpaired) electrons. The summed E-state index contributed by atoms with van der Waals surface area (Å²) in [4.78, 5) is 23.3. The monoisotopic (exact) mass is 155 g/mol. The Hall–Kier alpha value is -0.860. The van der Waals surface area contributed by atoms with Gasteiger partial charge in [0.1, 0.15) is 6.29 Å². The van der Waals surface area contributed by atoms with Gasteiger partial charge in [0.05, 0.1) is 5.92 Å². The van der Waals surface area contributed by atoms with Crippen molar-refractivity contribution in [2.75, 3.05) is 13.6 Å². The van der Waals surface area contributed by atoms with Gasteiger partial charge in [0.25, 0.3) is 0 Å². The van der Waals surface area contributed by atoms with Gasteiger partial charge in [0.15, 0.2) is 0 Å². The van der Waals surface area contributed by atoms with Gasteiger partial charge in [0.2, 0.25) is 5.91 Å². The molecule has 1 fully saturated rings. The fourth-order valence-corrected chi connectivity index (χ4v) is 1.36. The number of hydrogen-bond acceptors (Lipinski definition) is 2. The Labute approximate surface area is 66.4 Å². The van der Waals surface area contributed by atoms with E-state index < -0.39 is 0 Å². The first-order chi connectivity index (χ1) is 5.25. The third-order valence-electron chi connectivity index (χ3n) is 2.12. The standard InChI is InChI=1S/C8H13NO2/c1-9-5-3-2-4-7(6-10)8(9)11/h6-7H,2-5H2,1H3/t7-/m1/s1. The number of carbonyl (C=O) groups excluding carboxylic acids is 2. The normalized spacial score (nSPS) is 26.5. The van der Waals surface area contributed by atoms with E-state index in [4.69, 9.17) is 0 Å². The Morgan fingerprint density at radius 2 is 2.27 bits per heavy atom. The highest BCUT2D eigenvalue weighted by Crippen LogP contribution is 2.14. The first kappa shape index (κ1) is 8.24. The van der Waals surface area contributed by atoms with Crippen molar-refractivity contribution in [1.82, 2.24) is 4.90 Å². The Balaban J connectivity index is 2.63. The van der Waals surface area contributed by atoms with Crippen LogP contribution in [0.4, 0.5) is 0 Å². The van der Waals surface area contributed by atoms with Gasteiger partial charge >= 0.3 is 0 Å². The van der Waals surface area contributed by atoms with Crippen molar-refractivity contribution in [2.24, 2.45) is 5.92 Å². The average molecular weight is 155 g/mol. The second-order valence-corrected chi connectivity index (χ2v) is 3.00. The molecule has 0 aromatic rings. The molecule has 1 amide bonds. The topological polar surface area (TPSA) is 37.4 Å². The van der Waals surface area contributed by atoms with Crippen LogP contribution in [0.15, 0.2) is 0 Å². The maximum absolute atomic E-state index is 11.3. The van der Waals surface area contributed by atoms with Crippen LogP contribution in [0.2, 0.25) is 0 Å². The van der Waals surface area contributed by atoms with Gasteiger partial charge in [-0.15, -0.1) is 0 Å². The highest BCUT2D eigenvalue weighted by molar-refractivity contribution is 5.91. The van der Waals surface area contributed by atoms with Crippen LogP contribution in [0.1, 0.15) is 19.3 Å². The van der Waals surface area contributed by atoms with Crippen LogP contribution in [-0.2, 0) is 9.59 Å². The van der Waals surface area contributed by atoms with Crippen LogP contribution in [0.25, 0.3) is 0 Å². The third-order valence-corrected chi connectivity index (χ3v) is 2.12. The lowest BCUT2D eigenvalue weighted by Gasteiger charge is -2.15. The number of aldehydes is 1. The van der Waals surface area contributed by atoms with Crippen LogP contribution < -0.4 is 0 Å². The van der Waals surface area contributed by atoms with Crippen molar-refractivity contribution in [3.8, 4) is 0 Å². The number of nitrogens with zero attached hydrogens (tertiary/aromatic N) is 1. The van der Waals surface area contributed by atoms with Gasteiger partial charge in [-0.2, -0.15) is 0 Å². The van der Waals surface area contributed by atoms with E-state index in [1.165, 1.54) is 0 Å². The highest BCUT2D eigenvalue weighted by Gasteiger charge is 2.23. The molecule has 0 unspecified atom stereocenters. The Kier molecular flexibility index (Phi) is 2.63. The highest BCUT2D eigenvalue weighted by atomic mass is 16.2. The summed E-state index contributed by atoms with van der Waals surface area (Å²) in [6, 6.07) is 0. The molecule has 0 spiro atoms. The summed E-state index contributed by atoms with van der Waals surface area (Å²) in [5, 5.41) is 0. The number of likely N-dealkylation sites (tertiary alicyclic amines) is 1. The van der Waals surface area contributed by atoms with Gasteiger partial charge in [-0.1, -0.05) is 6.42 Å². The molecule has 0 aromatic carbocycles. The minimum Gasteiger partial charge on any atom is -0.345 e. The molecule has 1 aliphatic heterocycles. The van der Waals surface area contributed by atoms with E-state index in [0.29, 0.717) is 0 Å². The second-order valence-electron chi connectivity index (χ2n) is 3.00. The molecule has 11 heavy (non-hydrogen) atoms. The molecule has 1 heterocycles. The van der Waals surface area contributed by atoms with E-state index in [2.05, 4.69) is 0 Å². The van der Waals surface area contributed by atoms with Gasteiger partial charge in [-0.05, 0) is 12.8 Å². The van der Waals surface area contributed by atoms with Crippen molar-refractivity contribution in [3.05, 3.63) is 0 Å². The molecule has 3 nitrogen and oxygen atoms in total. The summed E-state index contributed by atoms with van der Waals surface area (Å²) in [6.07, 6.45) is 3.50. The molecule has 0 aliphatic carbocycles. The third kappa shape index (κ3) is 1.79. The quantitative estimate of drug-likeness (QED) is 0.407. The minimum absolute atomic E-state index is 0.0162. The van der Waals surface area contributed by atoms with Crippen LogP contribution in [0.3, 0.4) is 0 Å². The molecule has 0 N–H and O–H groups in total. The fraction of sp³-hybridized carbons (Fsp3) is 0.750. The molecule has 1 saturated heterocycles. The first-order valence-electron chi connectivity index (χ1n) is 3.96. The van der Waals surface area contributed by atoms with Crippen molar-refractivity contribution in [1.29, 1.82) is 0 Å². The largest absolute Gasteiger partial charge is 0.345 e. The van der Waals surface area contributed by atoms with Crippen molar-refractivity contribution >= 4 is 12.2 Å². The summed E-state index contributed by atoms with van der Waals surface area (Å²) in [6.45, 7) is 0.795. The van der Waals surface area contributed by atoms with Crippen molar-refractivity contribution in [2.45, 2.75) is 19.3 Å². The molecule has 1 aliphatic rings. The average Bonchev–Trinajstić information content (AvgIpc) is 2.16. The zero-order valence-corrected chi connectivity index (χ0v) is 6.75. The predicted octanol–water partition coefficient (Wildman–Crippen LogP) is 0.444. The summed E-state index contributed by atoms with van der Waals surface area (Å²) in [7, 11) is 1.75. The Morgan fingerprint density at radius 1 is 1.55 bits per heavy atom. The zero-order valence-electron chi connectivity index (χ0n) is 6.75. The minimum atomic E-state index is -0.373. The number of carbonyl (C=O) groups is 2. The molecule has 1 rings (SSSR count). The van der Waals surface area contributed by atoms with Gasteiger partial charge < -0.3 is 9.69 Å². The van der Waals surface area contributed by atoms with Crippen molar-refractivity contribution < 1.29 is 9.59 Å². The Morgan fingerprint density at radius 3 is 2.91 bits per heavy atom.